The van der Waals surface area contributed by atoms with Gasteiger partial charge in [0.15, 0.2) is 6.61 Å². The van der Waals surface area contributed by atoms with Crippen LogP contribution in [0.3, 0.4) is 0 Å². The Morgan fingerprint density at radius 2 is 1.84 bits per heavy atom. The first-order valence-electron chi connectivity index (χ1n) is 9.20. The van der Waals surface area contributed by atoms with E-state index in [1.165, 1.54) is 24.3 Å². The van der Waals surface area contributed by atoms with Gasteiger partial charge < -0.3 is 10.1 Å². The van der Waals surface area contributed by atoms with Crippen molar-refractivity contribution in [2.75, 3.05) is 11.9 Å². The molecule has 0 heterocycles. The molecule has 7 nitrogen and oxygen atoms in total. The molecule has 0 aliphatic heterocycles. The Bertz CT molecular complexity index is 1220. The number of nitro groups is 1. The van der Waals surface area contributed by atoms with Gasteiger partial charge in [0.05, 0.1) is 21.0 Å². The van der Waals surface area contributed by atoms with Gasteiger partial charge in [-0.1, -0.05) is 17.7 Å². The monoisotopic (exact) mass is 511 g/mol. The predicted octanol–water partition coefficient (Wildman–Crippen LogP) is 6.09. The second-order valence-corrected chi connectivity index (χ2v) is 7.80. The number of ether oxygens (including phenoxy) is 1. The van der Waals surface area contributed by atoms with Crippen molar-refractivity contribution in [3.8, 4) is 11.8 Å². The topological polar surface area (TPSA) is 105 Å². The molecule has 160 valence electrons. The van der Waals surface area contributed by atoms with Crippen molar-refractivity contribution >= 4 is 56.5 Å². The molecule has 0 saturated carbocycles. The molecule has 0 bridgehead atoms. The molecule has 9 heteroatoms. The SMILES string of the molecule is N#C/C(=C\c1ccc(OCC(=O)Nc2ccc(Cl)cc2)c(Br)c1)c1ccc([N+](=O)[O-])cc1. The van der Waals surface area contributed by atoms with E-state index in [0.717, 1.165) is 0 Å². The zero-order valence-electron chi connectivity index (χ0n) is 16.4. The van der Waals surface area contributed by atoms with Crippen LogP contribution in [0.25, 0.3) is 11.6 Å². The predicted molar refractivity (Wildman–Crippen MR) is 126 cm³/mol. The molecule has 0 aliphatic rings. The number of anilines is 1. The summed E-state index contributed by atoms with van der Waals surface area (Å²) in [6.07, 6.45) is 1.66. The largest absolute Gasteiger partial charge is 0.483 e. The van der Waals surface area contributed by atoms with E-state index < -0.39 is 4.92 Å². The van der Waals surface area contributed by atoms with Gasteiger partial charge in [0.25, 0.3) is 11.6 Å². The molecule has 3 rings (SSSR count). The molecule has 0 unspecified atom stereocenters. The highest BCUT2D eigenvalue weighted by atomic mass is 79.9. The van der Waals surface area contributed by atoms with Crippen molar-refractivity contribution < 1.29 is 14.5 Å². The molecule has 0 aromatic heterocycles. The number of allylic oxidation sites excluding steroid dienone is 1. The smallest absolute Gasteiger partial charge is 0.269 e. The van der Waals surface area contributed by atoms with Crippen molar-refractivity contribution in [1.82, 2.24) is 0 Å². The lowest BCUT2D eigenvalue weighted by molar-refractivity contribution is -0.384. The van der Waals surface area contributed by atoms with Crippen LogP contribution in [-0.2, 0) is 4.79 Å². The Kier molecular flexibility index (Phi) is 7.60. The highest BCUT2D eigenvalue weighted by molar-refractivity contribution is 9.10. The number of amides is 1. The molecule has 0 fully saturated rings. The number of halogens is 2. The third-order valence-electron chi connectivity index (χ3n) is 4.26. The quantitative estimate of drug-likeness (QED) is 0.178. The van der Waals surface area contributed by atoms with Gasteiger partial charge in [-0.2, -0.15) is 5.26 Å². The molecule has 1 N–H and O–H groups in total. The average Bonchev–Trinajstić information content (AvgIpc) is 2.78. The molecule has 3 aromatic carbocycles. The van der Waals surface area contributed by atoms with Crippen LogP contribution < -0.4 is 10.1 Å². The van der Waals surface area contributed by atoms with Crippen LogP contribution in [0.5, 0.6) is 5.75 Å². The molecule has 3 aromatic rings. The number of hydrogen-bond acceptors (Lipinski definition) is 5. The van der Waals surface area contributed by atoms with Crippen LogP contribution >= 0.6 is 27.5 Å². The number of non-ortho nitro benzene ring substituents is 1. The highest BCUT2D eigenvalue weighted by Crippen LogP contribution is 2.28. The van der Waals surface area contributed by atoms with E-state index >= 15 is 0 Å². The van der Waals surface area contributed by atoms with Crippen LogP contribution in [0.1, 0.15) is 11.1 Å². The summed E-state index contributed by atoms with van der Waals surface area (Å²) in [6, 6.07) is 19.7. The summed E-state index contributed by atoms with van der Waals surface area (Å²) in [4.78, 5) is 22.4. The van der Waals surface area contributed by atoms with Crippen molar-refractivity contribution in [1.29, 1.82) is 5.26 Å². The Labute approximate surface area is 197 Å². The van der Waals surface area contributed by atoms with Crippen molar-refractivity contribution in [3.05, 3.63) is 97.5 Å². The fraction of sp³-hybridized carbons (Fsp3) is 0.0435. The molecular formula is C23H15BrClN3O4. The van der Waals surface area contributed by atoms with Crippen LogP contribution in [-0.4, -0.2) is 17.4 Å². The Hall–Kier alpha value is -3.67. The summed E-state index contributed by atoms with van der Waals surface area (Å²) in [7, 11) is 0. The second-order valence-electron chi connectivity index (χ2n) is 6.51. The minimum Gasteiger partial charge on any atom is -0.483 e. The van der Waals surface area contributed by atoms with Crippen LogP contribution in [0.2, 0.25) is 5.02 Å². The van der Waals surface area contributed by atoms with Gasteiger partial charge in [-0.05, 0) is 81.7 Å². The molecular weight excluding hydrogens is 498 g/mol. The zero-order chi connectivity index (χ0) is 23.1. The average molecular weight is 513 g/mol. The van der Waals surface area contributed by atoms with E-state index in [1.54, 1.807) is 48.5 Å². The molecule has 0 saturated heterocycles. The van der Waals surface area contributed by atoms with E-state index in [9.17, 15) is 20.2 Å². The second kappa shape index (κ2) is 10.6. The number of carbonyl (C=O) groups is 1. The first kappa shape index (κ1) is 23.0. The van der Waals surface area contributed by atoms with E-state index in [4.69, 9.17) is 16.3 Å². The number of nitrogens with zero attached hydrogens (tertiary/aromatic N) is 2. The molecule has 0 atom stereocenters. The molecule has 0 aliphatic carbocycles. The number of nitro benzene ring substituents is 1. The van der Waals surface area contributed by atoms with Gasteiger partial charge in [-0.25, -0.2) is 0 Å². The summed E-state index contributed by atoms with van der Waals surface area (Å²) >= 11 is 9.23. The van der Waals surface area contributed by atoms with E-state index in [1.807, 2.05) is 0 Å². The Balaban J connectivity index is 1.67. The van der Waals surface area contributed by atoms with Crippen LogP contribution in [0.15, 0.2) is 71.2 Å². The Morgan fingerprint density at radius 3 is 2.44 bits per heavy atom. The standard InChI is InChI=1S/C23H15BrClN3O4/c24-21-12-15(11-17(13-26)16-2-8-20(9-3-16)28(30)31)1-10-22(21)32-14-23(29)27-19-6-4-18(25)5-7-19/h1-12H,14H2,(H,27,29)/b17-11+. The molecule has 1 amide bonds. The number of hydrogen-bond donors (Lipinski definition) is 1. The fourth-order valence-corrected chi connectivity index (χ4v) is 3.34. The van der Waals surface area contributed by atoms with Crippen molar-refractivity contribution in [2.45, 2.75) is 0 Å². The number of carbonyl (C=O) groups excluding carboxylic acids is 1. The van der Waals surface area contributed by atoms with Crippen molar-refractivity contribution in [3.63, 3.8) is 0 Å². The lowest BCUT2D eigenvalue weighted by Gasteiger charge is -2.10. The van der Waals surface area contributed by atoms with Crippen LogP contribution in [0.4, 0.5) is 11.4 Å². The van der Waals surface area contributed by atoms with E-state index in [-0.39, 0.29) is 18.2 Å². The highest BCUT2D eigenvalue weighted by Gasteiger charge is 2.09. The van der Waals surface area contributed by atoms with Gasteiger partial charge in [-0.15, -0.1) is 0 Å². The summed E-state index contributed by atoms with van der Waals surface area (Å²) in [6.45, 7) is -0.192. The number of nitriles is 1. The molecule has 0 spiro atoms. The minimum atomic E-state index is -0.495. The van der Waals surface area contributed by atoms with Crippen LogP contribution in [0, 0.1) is 21.4 Å². The van der Waals surface area contributed by atoms with E-state index in [0.29, 0.717) is 37.6 Å². The zero-order valence-corrected chi connectivity index (χ0v) is 18.8. The van der Waals surface area contributed by atoms with Gasteiger partial charge in [0, 0.05) is 22.8 Å². The van der Waals surface area contributed by atoms with E-state index in [2.05, 4.69) is 27.3 Å². The summed E-state index contributed by atoms with van der Waals surface area (Å²) in [5, 5.41) is 23.6. The maximum atomic E-state index is 12.1. The summed E-state index contributed by atoms with van der Waals surface area (Å²) in [5.74, 6) is 0.135. The third-order valence-corrected chi connectivity index (χ3v) is 5.13. The summed E-state index contributed by atoms with van der Waals surface area (Å²) < 4.78 is 6.17. The number of benzene rings is 3. The maximum absolute atomic E-state index is 12.1. The summed E-state index contributed by atoms with van der Waals surface area (Å²) in [5.41, 5.74) is 2.19. The van der Waals surface area contributed by atoms with Gasteiger partial charge in [0.1, 0.15) is 5.75 Å². The van der Waals surface area contributed by atoms with Crippen molar-refractivity contribution in [2.24, 2.45) is 0 Å². The normalized spacial score (nSPS) is 10.8. The maximum Gasteiger partial charge on any atom is 0.269 e. The number of rotatable bonds is 7. The Morgan fingerprint density at radius 1 is 1.16 bits per heavy atom. The van der Waals surface area contributed by atoms with Gasteiger partial charge in [-0.3, -0.25) is 14.9 Å². The fourth-order valence-electron chi connectivity index (χ4n) is 2.71. The lowest BCUT2D eigenvalue weighted by atomic mass is 10.0. The first-order chi connectivity index (χ1) is 15.4. The van der Waals surface area contributed by atoms with Gasteiger partial charge in [0.2, 0.25) is 0 Å². The minimum absolute atomic E-state index is 0.0459. The number of nitrogens with one attached hydrogen (secondary N) is 1. The third kappa shape index (κ3) is 6.17. The molecule has 0 radical (unpaired) electrons. The van der Waals surface area contributed by atoms with Gasteiger partial charge >= 0.3 is 0 Å². The molecule has 32 heavy (non-hydrogen) atoms. The first-order valence-corrected chi connectivity index (χ1v) is 10.4. The lowest BCUT2D eigenvalue weighted by Crippen LogP contribution is -2.20.